The normalized spacial score (nSPS) is 9.75. The lowest BCUT2D eigenvalue weighted by Crippen LogP contribution is -2.14. The van der Waals surface area contributed by atoms with Gasteiger partial charge in [0.2, 0.25) is 5.95 Å². The summed E-state index contributed by atoms with van der Waals surface area (Å²) < 4.78 is 0. The van der Waals surface area contributed by atoms with E-state index in [1.54, 1.807) is 12.1 Å². The molecule has 1 amide bonds. The van der Waals surface area contributed by atoms with Crippen LogP contribution in [0.25, 0.3) is 0 Å². The van der Waals surface area contributed by atoms with E-state index in [9.17, 15) is 4.79 Å². The molecule has 0 aromatic carbocycles. The van der Waals surface area contributed by atoms with Gasteiger partial charge in [0.05, 0.1) is 27.7 Å². The standard InChI is InChI=1S/C13H13N5OS/c1-8-9(2)17-18-13(15-8)16-12(19)11-6-5-10(20-11)4-3-7-14/h5-6H,7,14H2,1-2H3,(H,15,16,18,19). The molecule has 0 aliphatic carbocycles. The quantitative estimate of drug-likeness (QED) is 0.807. The minimum absolute atomic E-state index is 0.195. The predicted octanol–water partition coefficient (Wildman–Crippen LogP) is 1.11. The number of nitrogens with zero attached hydrogens (tertiary/aromatic N) is 3. The maximum atomic E-state index is 12.0. The van der Waals surface area contributed by atoms with Crippen LogP contribution in [0.1, 0.15) is 25.9 Å². The molecule has 0 atom stereocenters. The Bertz CT molecular complexity index is 698. The molecule has 20 heavy (non-hydrogen) atoms. The molecule has 2 aromatic rings. The Morgan fingerprint density at radius 3 is 2.85 bits per heavy atom. The molecule has 2 rings (SSSR count). The van der Waals surface area contributed by atoms with Crippen LogP contribution in [0.3, 0.4) is 0 Å². The molecule has 0 saturated heterocycles. The van der Waals surface area contributed by atoms with Gasteiger partial charge in [-0.1, -0.05) is 11.8 Å². The van der Waals surface area contributed by atoms with Crippen LogP contribution < -0.4 is 11.1 Å². The first-order chi connectivity index (χ1) is 9.60. The van der Waals surface area contributed by atoms with Gasteiger partial charge in [0.15, 0.2) is 0 Å². The highest BCUT2D eigenvalue weighted by atomic mass is 32.1. The molecular weight excluding hydrogens is 274 g/mol. The van der Waals surface area contributed by atoms with Crippen molar-refractivity contribution in [1.82, 2.24) is 15.2 Å². The molecule has 2 aromatic heterocycles. The van der Waals surface area contributed by atoms with E-state index < -0.39 is 0 Å². The first kappa shape index (κ1) is 14.1. The van der Waals surface area contributed by atoms with Crippen molar-refractivity contribution in [1.29, 1.82) is 0 Å². The summed E-state index contributed by atoms with van der Waals surface area (Å²) >= 11 is 1.29. The van der Waals surface area contributed by atoms with Gasteiger partial charge in [-0.15, -0.1) is 16.4 Å². The molecule has 0 spiro atoms. The number of nitrogens with two attached hydrogens (primary N) is 1. The number of amides is 1. The molecule has 0 fully saturated rings. The average Bonchev–Trinajstić information content (AvgIpc) is 2.89. The number of aromatic nitrogens is 3. The number of carbonyl (C=O) groups excluding carboxylic acids is 1. The molecule has 0 radical (unpaired) electrons. The zero-order chi connectivity index (χ0) is 14.5. The lowest BCUT2D eigenvalue weighted by molar-refractivity contribution is 0.102. The molecule has 0 aliphatic heterocycles. The lowest BCUT2D eigenvalue weighted by Gasteiger charge is -2.02. The van der Waals surface area contributed by atoms with E-state index in [1.807, 2.05) is 13.8 Å². The Labute approximate surface area is 120 Å². The number of rotatable bonds is 2. The van der Waals surface area contributed by atoms with Crippen molar-refractivity contribution in [3.05, 3.63) is 33.3 Å². The van der Waals surface area contributed by atoms with Gasteiger partial charge in [-0.05, 0) is 26.0 Å². The fraction of sp³-hybridized carbons (Fsp3) is 0.231. The second-order valence-electron chi connectivity index (χ2n) is 3.93. The number of aryl methyl sites for hydroxylation is 2. The minimum Gasteiger partial charge on any atom is -0.320 e. The Morgan fingerprint density at radius 1 is 1.35 bits per heavy atom. The Hall–Kier alpha value is -2.30. The van der Waals surface area contributed by atoms with Crippen LogP contribution >= 0.6 is 11.3 Å². The highest BCUT2D eigenvalue weighted by Gasteiger charge is 2.11. The van der Waals surface area contributed by atoms with Gasteiger partial charge in [-0.2, -0.15) is 5.10 Å². The Balaban J connectivity index is 2.11. The van der Waals surface area contributed by atoms with Gasteiger partial charge in [0.25, 0.3) is 5.91 Å². The maximum absolute atomic E-state index is 12.0. The SMILES string of the molecule is Cc1nnc(NC(=O)c2ccc(C#CCN)s2)nc1C. The number of carbonyl (C=O) groups is 1. The molecule has 0 bridgehead atoms. The van der Waals surface area contributed by atoms with Crippen molar-refractivity contribution < 1.29 is 4.79 Å². The predicted molar refractivity (Wildman–Crippen MR) is 77.5 cm³/mol. The van der Waals surface area contributed by atoms with Crippen LogP contribution in [0.5, 0.6) is 0 Å². The van der Waals surface area contributed by atoms with Gasteiger partial charge < -0.3 is 5.73 Å². The van der Waals surface area contributed by atoms with Gasteiger partial charge >= 0.3 is 0 Å². The van der Waals surface area contributed by atoms with Crippen LogP contribution in [0.2, 0.25) is 0 Å². The minimum atomic E-state index is -0.277. The molecule has 102 valence electrons. The molecule has 3 N–H and O–H groups in total. The van der Waals surface area contributed by atoms with Crippen molar-refractivity contribution in [2.45, 2.75) is 13.8 Å². The number of hydrogen-bond donors (Lipinski definition) is 2. The van der Waals surface area contributed by atoms with Crippen LogP contribution in [-0.4, -0.2) is 27.6 Å². The first-order valence-corrected chi connectivity index (χ1v) is 6.70. The van der Waals surface area contributed by atoms with Crippen molar-refractivity contribution in [2.75, 3.05) is 11.9 Å². The van der Waals surface area contributed by atoms with E-state index in [0.29, 0.717) is 11.4 Å². The lowest BCUT2D eigenvalue weighted by atomic mass is 10.4. The van der Waals surface area contributed by atoms with Crippen molar-refractivity contribution >= 4 is 23.2 Å². The monoisotopic (exact) mass is 287 g/mol. The topological polar surface area (TPSA) is 93.8 Å². The van der Waals surface area contributed by atoms with E-state index in [2.05, 4.69) is 32.3 Å². The fourth-order valence-corrected chi connectivity index (χ4v) is 2.11. The second kappa shape index (κ2) is 6.23. The van der Waals surface area contributed by atoms with E-state index in [0.717, 1.165) is 16.3 Å². The van der Waals surface area contributed by atoms with Gasteiger partial charge in [-0.3, -0.25) is 10.1 Å². The Morgan fingerprint density at radius 2 is 2.15 bits per heavy atom. The first-order valence-electron chi connectivity index (χ1n) is 5.88. The van der Waals surface area contributed by atoms with E-state index in [1.165, 1.54) is 11.3 Å². The zero-order valence-corrected chi connectivity index (χ0v) is 11.9. The van der Waals surface area contributed by atoms with Crippen molar-refractivity contribution in [3.63, 3.8) is 0 Å². The molecule has 6 nitrogen and oxygen atoms in total. The zero-order valence-electron chi connectivity index (χ0n) is 11.1. The fourth-order valence-electron chi connectivity index (χ4n) is 1.34. The number of nitrogens with one attached hydrogen (secondary N) is 1. The summed E-state index contributed by atoms with van der Waals surface area (Å²) in [4.78, 5) is 17.5. The average molecular weight is 287 g/mol. The van der Waals surface area contributed by atoms with E-state index in [4.69, 9.17) is 5.73 Å². The summed E-state index contributed by atoms with van der Waals surface area (Å²) in [5, 5.41) is 10.3. The van der Waals surface area contributed by atoms with Crippen molar-refractivity contribution in [2.24, 2.45) is 5.73 Å². The van der Waals surface area contributed by atoms with Gasteiger partial charge in [-0.25, -0.2) is 4.98 Å². The molecule has 7 heteroatoms. The summed E-state index contributed by atoms with van der Waals surface area (Å²) in [5.74, 6) is 5.54. The molecular formula is C13H13N5OS. The smallest absolute Gasteiger partial charge is 0.268 e. The molecule has 0 unspecified atom stereocenters. The van der Waals surface area contributed by atoms with Crippen LogP contribution in [-0.2, 0) is 0 Å². The molecule has 2 heterocycles. The summed E-state index contributed by atoms with van der Waals surface area (Å²) in [6, 6.07) is 3.48. The summed E-state index contributed by atoms with van der Waals surface area (Å²) in [5.41, 5.74) is 6.77. The summed E-state index contributed by atoms with van der Waals surface area (Å²) in [7, 11) is 0. The number of anilines is 1. The third-order valence-electron chi connectivity index (χ3n) is 2.46. The largest absolute Gasteiger partial charge is 0.320 e. The molecule has 0 saturated carbocycles. The Kier molecular flexibility index (Phi) is 4.40. The van der Waals surface area contributed by atoms with Crippen LogP contribution in [0.4, 0.5) is 5.95 Å². The van der Waals surface area contributed by atoms with Gasteiger partial charge in [0.1, 0.15) is 0 Å². The maximum Gasteiger partial charge on any atom is 0.268 e. The number of hydrogen-bond acceptors (Lipinski definition) is 6. The van der Waals surface area contributed by atoms with E-state index in [-0.39, 0.29) is 11.9 Å². The van der Waals surface area contributed by atoms with Crippen LogP contribution in [0, 0.1) is 25.7 Å². The second-order valence-corrected chi connectivity index (χ2v) is 5.01. The highest BCUT2D eigenvalue weighted by molar-refractivity contribution is 7.14. The molecule has 0 aliphatic rings. The van der Waals surface area contributed by atoms with Crippen LogP contribution in [0.15, 0.2) is 12.1 Å². The van der Waals surface area contributed by atoms with Crippen molar-refractivity contribution in [3.8, 4) is 11.8 Å². The van der Waals surface area contributed by atoms with E-state index >= 15 is 0 Å². The summed E-state index contributed by atoms with van der Waals surface area (Å²) in [6.45, 7) is 3.91. The third kappa shape index (κ3) is 3.38. The number of thiophene rings is 1. The highest BCUT2D eigenvalue weighted by Crippen LogP contribution is 2.16. The third-order valence-corrected chi connectivity index (χ3v) is 3.46. The summed E-state index contributed by atoms with van der Waals surface area (Å²) in [6.07, 6.45) is 0. The van der Waals surface area contributed by atoms with Gasteiger partial charge in [0, 0.05) is 0 Å².